The van der Waals surface area contributed by atoms with Gasteiger partial charge in [0.1, 0.15) is 0 Å². The molecule has 1 atom stereocenters. The fraction of sp³-hybridized carbons (Fsp3) is 0.429. The van der Waals surface area contributed by atoms with Crippen LogP contribution >= 0.6 is 0 Å². The van der Waals surface area contributed by atoms with Crippen LogP contribution in [0.2, 0.25) is 0 Å². The molecule has 0 saturated carbocycles. The van der Waals surface area contributed by atoms with Crippen LogP contribution in [0, 0.1) is 5.92 Å². The van der Waals surface area contributed by atoms with Crippen LogP contribution in [0.15, 0.2) is 43.0 Å². The van der Waals surface area contributed by atoms with Gasteiger partial charge in [-0.2, -0.15) is 0 Å². The van der Waals surface area contributed by atoms with Crippen molar-refractivity contribution in [2.75, 3.05) is 0 Å². The smallest absolute Gasteiger partial charge is 0.0196 e. The molecule has 0 nitrogen and oxygen atoms in total. The molecule has 0 N–H and O–H groups in total. The van der Waals surface area contributed by atoms with Crippen molar-refractivity contribution in [1.29, 1.82) is 0 Å². The van der Waals surface area contributed by atoms with E-state index < -0.39 is 0 Å². The molecule has 0 saturated heterocycles. The summed E-state index contributed by atoms with van der Waals surface area (Å²) in [6, 6.07) is 10.7. The van der Waals surface area contributed by atoms with Crippen LogP contribution in [0.1, 0.15) is 31.7 Å². The van der Waals surface area contributed by atoms with E-state index in [4.69, 9.17) is 0 Å². The number of unbranched alkanes of at least 4 members (excludes halogenated alkanes) is 1. The molecule has 0 heteroatoms. The van der Waals surface area contributed by atoms with Gasteiger partial charge >= 0.3 is 0 Å². The Morgan fingerprint density at radius 3 is 2.57 bits per heavy atom. The number of benzene rings is 1. The van der Waals surface area contributed by atoms with Crippen LogP contribution in [0.25, 0.3) is 0 Å². The molecule has 14 heavy (non-hydrogen) atoms. The fourth-order valence-electron chi connectivity index (χ4n) is 1.69. The lowest BCUT2D eigenvalue weighted by Crippen LogP contribution is -2.00. The molecule has 0 amide bonds. The van der Waals surface area contributed by atoms with Crippen molar-refractivity contribution in [2.24, 2.45) is 5.92 Å². The van der Waals surface area contributed by atoms with Crippen LogP contribution in [-0.4, -0.2) is 0 Å². The second-order valence-electron chi connectivity index (χ2n) is 3.83. The van der Waals surface area contributed by atoms with Crippen molar-refractivity contribution in [3.8, 4) is 0 Å². The summed E-state index contributed by atoms with van der Waals surface area (Å²) in [5, 5.41) is 0. The third kappa shape index (κ3) is 3.78. The molecule has 0 aliphatic heterocycles. The van der Waals surface area contributed by atoms with Crippen molar-refractivity contribution in [1.82, 2.24) is 0 Å². The van der Waals surface area contributed by atoms with Gasteiger partial charge < -0.3 is 0 Å². The van der Waals surface area contributed by atoms with Crippen molar-refractivity contribution >= 4 is 0 Å². The molecule has 0 aromatic heterocycles. The minimum Gasteiger partial charge on any atom is -0.103 e. The summed E-state index contributed by atoms with van der Waals surface area (Å²) in [5.74, 6) is 0.650. The van der Waals surface area contributed by atoms with Crippen LogP contribution in [-0.2, 0) is 6.42 Å². The Morgan fingerprint density at radius 2 is 2.00 bits per heavy atom. The topological polar surface area (TPSA) is 0 Å². The SMILES string of the molecule is C=CC(CCCC)Cc1ccccc1. The summed E-state index contributed by atoms with van der Waals surface area (Å²) in [6.45, 7) is 6.15. The van der Waals surface area contributed by atoms with Crippen LogP contribution in [0.3, 0.4) is 0 Å². The van der Waals surface area contributed by atoms with Gasteiger partial charge in [-0.1, -0.05) is 56.2 Å². The minimum atomic E-state index is 0.650. The van der Waals surface area contributed by atoms with Gasteiger partial charge in [-0.15, -0.1) is 6.58 Å². The maximum Gasteiger partial charge on any atom is -0.0196 e. The quantitative estimate of drug-likeness (QED) is 0.586. The highest BCUT2D eigenvalue weighted by molar-refractivity contribution is 5.16. The van der Waals surface area contributed by atoms with E-state index in [2.05, 4.69) is 49.9 Å². The zero-order chi connectivity index (χ0) is 10.2. The fourth-order valence-corrected chi connectivity index (χ4v) is 1.69. The lowest BCUT2D eigenvalue weighted by molar-refractivity contribution is 0.553. The van der Waals surface area contributed by atoms with E-state index in [0.29, 0.717) is 5.92 Å². The number of rotatable bonds is 6. The molecule has 0 heterocycles. The molecular weight excluding hydrogens is 168 g/mol. The van der Waals surface area contributed by atoms with Crippen molar-refractivity contribution in [3.63, 3.8) is 0 Å². The Balaban J connectivity index is 2.44. The molecule has 0 bridgehead atoms. The predicted octanol–water partition coefficient (Wildman–Crippen LogP) is 4.22. The Morgan fingerprint density at radius 1 is 1.29 bits per heavy atom. The highest BCUT2D eigenvalue weighted by Crippen LogP contribution is 2.15. The maximum absolute atomic E-state index is 3.91. The van der Waals surface area contributed by atoms with Gasteiger partial charge in [0.15, 0.2) is 0 Å². The summed E-state index contributed by atoms with van der Waals surface area (Å²) in [7, 11) is 0. The van der Waals surface area contributed by atoms with Gasteiger partial charge in [-0.3, -0.25) is 0 Å². The number of hydrogen-bond acceptors (Lipinski definition) is 0. The monoisotopic (exact) mass is 188 g/mol. The van der Waals surface area contributed by atoms with E-state index >= 15 is 0 Å². The van der Waals surface area contributed by atoms with Gasteiger partial charge in [-0.25, -0.2) is 0 Å². The molecule has 0 spiro atoms. The molecule has 1 unspecified atom stereocenters. The Bertz CT molecular complexity index is 248. The molecule has 1 aromatic carbocycles. The number of allylic oxidation sites excluding steroid dienone is 1. The average Bonchev–Trinajstić information content (AvgIpc) is 2.25. The first-order valence-electron chi connectivity index (χ1n) is 5.53. The third-order valence-electron chi connectivity index (χ3n) is 2.60. The Hall–Kier alpha value is -1.04. The normalized spacial score (nSPS) is 12.4. The highest BCUT2D eigenvalue weighted by Gasteiger charge is 2.04. The molecule has 0 fully saturated rings. The third-order valence-corrected chi connectivity index (χ3v) is 2.60. The van der Waals surface area contributed by atoms with Gasteiger partial charge in [0, 0.05) is 0 Å². The van der Waals surface area contributed by atoms with Crippen molar-refractivity contribution in [2.45, 2.75) is 32.6 Å². The maximum atomic E-state index is 3.91. The second-order valence-corrected chi connectivity index (χ2v) is 3.83. The van der Waals surface area contributed by atoms with E-state index in [1.54, 1.807) is 0 Å². The van der Waals surface area contributed by atoms with Gasteiger partial charge in [-0.05, 0) is 24.3 Å². The van der Waals surface area contributed by atoms with E-state index in [-0.39, 0.29) is 0 Å². The standard InChI is InChI=1S/C14H20/c1-3-5-9-13(4-2)12-14-10-7-6-8-11-14/h4,6-8,10-11,13H,2-3,5,9,12H2,1H3. The number of hydrogen-bond donors (Lipinski definition) is 0. The van der Waals surface area contributed by atoms with E-state index in [0.717, 1.165) is 6.42 Å². The molecular formula is C14H20. The zero-order valence-electron chi connectivity index (χ0n) is 9.08. The Kier molecular flexibility index (Phi) is 5.06. The highest BCUT2D eigenvalue weighted by atomic mass is 14.1. The van der Waals surface area contributed by atoms with E-state index in [1.807, 2.05) is 0 Å². The predicted molar refractivity (Wildman–Crippen MR) is 63.4 cm³/mol. The van der Waals surface area contributed by atoms with Crippen molar-refractivity contribution in [3.05, 3.63) is 48.6 Å². The zero-order valence-corrected chi connectivity index (χ0v) is 9.08. The molecule has 0 aliphatic rings. The molecule has 0 radical (unpaired) electrons. The molecule has 0 aliphatic carbocycles. The van der Waals surface area contributed by atoms with Crippen LogP contribution in [0.5, 0.6) is 0 Å². The summed E-state index contributed by atoms with van der Waals surface area (Å²) in [5.41, 5.74) is 1.42. The largest absolute Gasteiger partial charge is 0.103 e. The Labute approximate surface area is 87.7 Å². The first kappa shape index (κ1) is 11.0. The molecule has 1 rings (SSSR count). The molecule has 76 valence electrons. The first-order chi connectivity index (χ1) is 6.86. The van der Waals surface area contributed by atoms with Crippen LogP contribution < -0.4 is 0 Å². The lowest BCUT2D eigenvalue weighted by Gasteiger charge is -2.11. The van der Waals surface area contributed by atoms with Crippen LogP contribution in [0.4, 0.5) is 0 Å². The minimum absolute atomic E-state index is 0.650. The lowest BCUT2D eigenvalue weighted by atomic mass is 9.94. The summed E-state index contributed by atoms with van der Waals surface area (Å²) < 4.78 is 0. The van der Waals surface area contributed by atoms with Gasteiger partial charge in [0.2, 0.25) is 0 Å². The average molecular weight is 188 g/mol. The van der Waals surface area contributed by atoms with Gasteiger partial charge in [0.25, 0.3) is 0 Å². The summed E-state index contributed by atoms with van der Waals surface area (Å²) in [4.78, 5) is 0. The van der Waals surface area contributed by atoms with Gasteiger partial charge in [0.05, 0.1) is 0 Å². The summed E-state index contributed by atoms with van der Waals surface area (Å²) in [6.07, 6.45) is 7.10. The van der Waals surface area contributed by atoms with E-state index in [9.17, 15) is 0 Å². The van der Waals surface area contributed by atoms with E-state index in [1.165, 1.54) is 24.8 Å². The first-order valence-corrected chi connectivity index (χ1v) is 5.53. The second kappa shape index (κ2) is 6.42. The summed E-state index contributed by atoms with van der Waals surface area (Å²) >= 11 is 0. The molecule has 1 aromatic rings. The van der Waals surface area contributed by atoms with Crippen molar-refractivity contribution < 1.29 is 0 Å².